The zero-order chi connectivity index (χ0) is 18.9. The average Bonchev–Trinajstić information content (AvgIpc) is 2.58. The Labute approximate surface area is 151 Å². The molecule has 2 nitrogen and oxygen atoms in total. The van der Waals surface area contributed by atoms with Crippen LogP contribution in [-0.4, -0.2) is 12.2 Å². The first kappa shape index (κ1) is 19.2. The monoisotopic (exact) mass is 372 g/mol. The first-order chi connectivity index (χ1) is 12.2. The van der Waals surface area contributed by atoms with Gasteiger partial charge in [-0.3, -0.25) is 0 Å². The molecule has 144 valence electrons. The molecule has 26 heavy (non-hydrogen) atoms. The number of ether oxygens (including phenoxy) is 2. The van der Waals surface area contributed by atoms with Gasteiger partial charge in [0.25, 0.3) is 0 Å². The Morgan fingerprint density at radius 3 is 2.27 bits per heavy atom. The van der Waals surface area contributed by atoms with E-state index in [2.05, 4.69) is 6.92 Å². The molecule has 0 amide bonds. The van der Waals surface area contributed by atoms with Crippen LogP contribution in [0.1, 0.15) is 57.6 Å². The average molecular weight is 372 g/mol. The van der Waals surface area contributed by atoms with Crippen molar-refractivity contribution < 1.29 is 27.0 Å². The highest BCUT2D eigenvalue weighted by molar-refractivity contribution is 5.30. The second kappa shape index (κ2) is 7.22. The Hall–Kier alpha value is -1.56. The van der Waals surface area contributed by atoms with E-state index in [1.807, 2.05) is 0 Å². The predicted molar refractivity (Wildman–Crippen MR) is 90.3 cm³/mol. The van der Waals surface area contributed by atoms with Crippen molar-refractivity contribution in [3.63, 3.8) is 0 Å². The van der Waals surface area contributed by atoms with Crippen LogP contribution in [0.15, 0.2) is 35.9 Å². The highest BCUT2D eigenvalue weighted by Crippen LogP contribution is 2.41. The number of hydrogen-bond acceptors (Lipinski definition) is 2. The van der Waals surface area contributed by atoms with Crippen LogP contribution in [-0.2, 0) is 4.74 Å². The van der Waals surface area contributed by atoms with Crippen molar-refractivity contribution in [1.82, 2.24) is 0 Å². The molecule has 1 heterocycles. The summed E-state index contributed by atoms with van der Waals surface area (Å²) in [7, 11) is 0. The van der Waals surface area contributed by atoms with Gasteiger partial charge in [-0.15, -0.1) is 0 Å². The van der Waals surface area contributed by atoms with Gasteiger partial charge in [0.05, 0.1) is 12.0 Å². The third-order valence-electron chi connectivity index (χ3n) is 5.38. The van der Waals surface area contributed by atoms with Crippen molar-refractivity contribution in [2.45, 2.75) is 64.3 Å². The summed E-state index contributed by atoms with van der Waals surface area (Å²) in [6.45, 7) is 3.39. The molecule has 1 aromatic rings. The maximum absolute atomic E-state index is 14.4. The van der Waals surface area contributed by atoms with E-state index in [1.54, 1.807) is 0 Å². The van der Waals surface area contributed by atoms with Crippen LogP contribution in [0.2, 0.25) is 0 Å². The fourth-order valence-electron chi connectivity index (χ4n) is 3.51. The SMILES string of the molecule is CC1=CCC(c2ccc(OC(F)(F)C3CCC(C)CC3)cc2)OC1(F)F. The Bertz CT molecular complexity index is 646. The minimum Gasteiger partial charge on any atom is -0.432 e. The molecule has 1 aliphatic heterocycles. The molecule has 1 aromatic carbocycles. The number of hydrogen-bond donors (Lipinski definition) is 0. The molecule has 0 spiro atoms. The fourth-order valence-corrected chi connectivity index (χ4v) is 3.51. The standard InChI is InChI=1S/C20H24F4O2/c1-13-3-8-16(9-4-13)20(23,24)25-17-10-6-15(7-11-17)18-12-5-14(2)19(21,22)26-18/h5-7,10-11,13,16,18H,3-4,8-9,12H2,1-2H3. The van der Waals surface area contributed by atoms with Crippen LogP contribution in [0.3, 0.4) is 0 Å². The summed E-state index contributed by atoms with van der Waals surface area (Å²) < 4.78 is 65.8. The second-order valence-electron chi connectivity index (χ2n) is 7.44. The van der Waals surface area contributed by atoms with Crippen molar-refractivity contribution in [3.8, 4) is 5.75 Å². The van der Waals surface area contributed by atoms with Gasteiger partial charge in [0.2, 0.25) is 0 Å². The molecule has 1 saturated carbocycles. The zero-order valence-electron chi connectivity index (χ0n) is 15.0. The van der Waals surface area contributed by atoms with E-state index >= 15 is 0 Å². The van der Waals surface area contributed by atoms with Gasteiger partial charge in [0.1, 0.15) is 5.75 Å². The lowest BCUT2D eigenvalue weighted by molar-refractivity contribution is -0.243. The Morgan fingerprint density at radius 1 is 1.08 bits per heavy atom. The molecule has 0 N–H and O–H groups in total. The molecule has 0 radical (unpaired) electrons. The molecule has 1 fully saturated rings. The Kier molecular flexibility index (Phi) is 5.33. The van der Waals surface area contributed by atoms with Crippen LogP contribution in [0, 0.1) is 11.8 Å². The number of rotatable bonds is 4. The smallest absolute Gasteiger partial charge is 0.400 e. The Balaban J connectivity index is 1.64. The third kappa shape index (κ3) is 4.22. The summed E-state index contributed by atoms with van der Waals surface area (Å²) in [6.07, 6.45) is -3.12. The van der Waals surface area contributed by atoms with Gasteiger partial charge in [-0.25, -0.2) is 0 Å². The van der Waals surface area contributed by atoms with Gasteiger partial charge >= 0.3 is 12.2 Å². The van der Waals surface area contributed by atoms with E-state index in [1.165, 1.54) is 37.3 Å². The van der Waals surface area contributed by atoms with Gasteiger partial charge in [-0.2, -0.15) is 17.6 Å². The van der Waals surface area contributed by atoms with Crippen LogP contribution in [0.25, 0.3) is 0 Å². The molecular formula is C20H24F4O2. The van der Waals surface area contributed by atoms with Crippen molar-refractivity contribution in [1.29, 1.82) is 0 Å². The normalized spacial score (nSPS) is 29.2. The summed E-state index contributed by atoms with van der Waals surface area (Å²) in [5.41, 5.74) is 0.394. The first-order valence-corrected chi connectivity index (χ1v) is 9.07. The summed E-state index contributed by atoms with van der Waals surface area (Å²) in [6, 6.07) is 5.79. The van der Waals surface area contributed by atoms with Gasteiger partial charge < -0.3 is 9.47 Å². The molecule has 6 heteroatoms. The molecule has 1 atom stereocenters. The molecule has 0 aromatic heterocycles. The van der Waals surface area contributed by atoms with Gasteiger partial charge in [-0.1, -0.05) is 38.0 Å². The van der Waals surface area contributed by atoms with Crippen LogP contribution in [0.4, 0.5) is 17.6 Å². The Morgan fingerprint density at radius 2 is 1.69 bits per heavy atom. The largest absolute Gasteiger partial charge is 0.432 e. The van der Waals surface area contributed by atoms with Crippen molar-refractivity contribution >= 4 is 0 Å². The summed E-state index contributed by atoms with van der Waals surface area (Å²) in [5, 5.41) is 0. The molecule has 1 aliphatic carbocycles. The topological polar surface area (TPSA) is 18.5 Å². The molecule has 3 rings (SSSR count). The van der Waals surface area contributed by atoms with E-state index in [4.69, 9.17) is 9.47 Å². The van der Waals surface area contributed by atoms with E-state index in [-0.39, 0.29) is 11.3 Å². The van der Waals surface area contributed by atoms with Crippen molar-refractivity contribution in [3.05, 3.63) is 41.5 Å². The molecule has 0 saturated heterocycles. The first-order valence-electron chi connectivity index (χ1n) is 9.07. The molecule has 0 bridgehead atoms. The predicted octanol–water partition coefficient (Wildman–Crippen LogP) is 6.49. The van der Waals surface area contributed by atoms with Crippen molar-refractivity contribution in [2.75, 3.05) is 0 Å². The number of alkyl halides is 4. The van der Waals surface area contributed by atoms with E-state index in [0.717, 1.165) is 12.8 Å². The van der Waals surface area contributed by atoms with Gasteiger partial charge in [0.15, 0.2) is 0 Å². The lowest BCUT2D eigenvalue weighted by Crippen LogP contribution is -2.37. The zero-order valence-corrected chi connectivity index (χ0v) is 15.0. The van der Waals surface area contributed by atoms with Crippen molar-refractivity contribution in [2.24, 2.45) is 11.8 Å². The van der Waals surface area contributed by atoms with Crippen LogP contribution < -0.4 is 4.74 Å². The maximum Gasteiger partial charge on any atom is 0.400 e. The molecule has 2 aliphatic rings. The van der Waals surface area contributed by atoms with E-state index in [0.29, 0.717) is 30.7 Å². The molecule has 1 unspecified atom stereocenters. The third-order valence-corrected chi connectivity index (χ3v) is 5.38. The minimum atomic E-state index is -3.30. The fraction of sp³-hybridized carbons (Fsp3) is 0.600. The lowest BCUT2D eigenvalue weighted by Gasteiger charge is -2.32. The quantitative estimate of drug-likeness (QED) is 0.444. The maximum atomic E-state index is 14.4. The number of benzene rings is 1. The second-order valence-corrected chi connectivity index (χ2v) is 7.44. The van der Waals surface area contributed by atoms with Crippen LogP contribution in [0.5, 0.6) is 5.75 Å². The summed E-state index contributed by atoms with van der Waals surface area (Å²) in [4.78, 5) is 0. The van der Waals surface area contributed by atoms with E-state index in [9.17, 15) is 17.6 Å². The van der Waals surface area contributed by atoms with Gasteiger partial charge in [0, 0.05) is 5.57 Å². The highest BCUT2D eigenvalue weighted by atomic mass is 19.3. The van der Waals surface area contributed by atoms with Gasteiger partial charge in [-0.05, 0) is 49.8 Å². The summed E-state index contributed by atoms with van der Waals surface area (Å²) in [5.74, 6) is -0.272. The number of halogens is 4. The molecular weight excluding hydrogens is 348 g/mol. The summed E-state index contributed by atoms with van der Waals surface area (Å²) >= 11 is 0. The highest BCUT2D eigenvalue weighted by Gasteiger charge is 2.43. The lowest BCUT2D eigenvalue weighted by atomic mass is 9.82. The van der Waals surface area contributed by atoms with E-state index < -0.39 is 24.2 Å². The minimum absolute atomic E-state index is 0.0339. The van der Waals surface area contributed by atoms with Crippen LogP contribution >= 0.6 is 0 Å².